The van der Waals surface area contributed by atoms with E-state index in [1.807, 2.05) is 27.7 Å². The van der Waals surface area contributed by atoms with E-state index in [4.69, 9.17) is 8.83 Å². The Morgan fingerprint density at radius 1 is 0.769 bits per heavy atom. The predicted molar refractivity (Wildman–Crippen MR) is 92.9 cm³/mol. The standard InChI is InChI=1S/C10H6O4.C10H16O2/c11-9(7-3-1-5-13-7)10(12)8-4-2-6-14-8;1-9(2)5-6-10(3,4)8(12)7(9)11/h1-6H;5-6H2,1-4H3. The SMILES string of the molecule is CC1(C)CCC(C)(C)C(=O)C1=O.O=C(C(=O)c1ccco1)c1ccco1. The number of hydrogen-bond donors (Lipinski definition) is 0. The van der Waals surface area contributed by atoms with Crippen LogP contribution in [0.25, 0.3) is 0 Å². The number of Topliss-reactive ketones (excluding diaryl/α,β-unsaturated/α-hetero) is 4. The summed E-state index contributed by atoms with van der Waals surface area (Å²) in [4.78, 5) is 45.8. The van der Waals surface area contributed by atoms with Crippen molar-refractivity contribution in [2.45, 2.75) is 40.5 Å². The van der Waals surface area contributed by atoms with Gasteiger partial charge in [0.2, 0.25) is 11.6 Å². The van der Waals surface area contributed by atoms with E-state index < -0.39 is 22.4 Å². The summed E-state index contributed by atoms with van der Waals surface area (Å²) >= 11 is 0. The molecule has 138 valence electrons. The molecule has 0 atom stereocenters. The van der Waals surface area contributed by atoms with Gasteiger partial charge < -0.3 is 8.83 Å². The van der Waals surface area contributed by atoms with E-state index >= 15 is 0 Å². The zero-order valence-electron chi connectivity index (χ0n) is 15.3. The molecule has 2 aromatic rings. The average Bonchev–Trinajstić information content (AvgIpc) is 3.30. The van der Waals surface area contributed by atoms with Crippen molar-refractivity contribution in [3.63, 3.8) is 0 Å². The Kier molecular flexibility index (Phi) is 5.44. The second-order valence-corrected chi connectivity index (χ2v) is 7.54. The Bertz CT molecular complexity index is 736. The van der Waals surface area contributed by atoms with E-state index in [9.17, 15) is 19.2 Å². The van der Waals surface area contributed by atoms with E-state index in [1.165, 1.54) is 24.7 Å². The lowest BCUT2D eigenvalue weighted by Gasteiger charge is -2.35. The van der Waals surface area contributed by atoms with E-state index in [0.29, 0.717) is 0 Å². The fraction of sp³-hybridized carbons (Fsp3) is 0.400. The first-order valence-corrected chi connectivity index (χ1v) is 8.31. The lowest BCUT2D eigenvalue weighted by molar-refractivity contribution is -0.150. The molecule has 0 radical (unpaired) electrons. The van der Waals surface area contributed by atoms with Gasteiger partial charge in [-0.1, -0.05) is 27.7 Å². The summed E-state index contributed by atoms with van der Waals surface area (Å²) in [5.74, 6) is -1.76. The molecule has 6 nitrogen and oxygen atoms in total. The number of furan rings is 2. The van der Waals surface area contributed by atoms with Crippen molar-refractivity contribution >= 4 is 23.1 Å². The van der Waals surface area contributed by atoms with Gasteiger partial charge in [-0.2, -0.15) is 0 Å². The van der Waals surface area contributed by atoms with Gasteiger partial charge in [0, 0.05) is 10.8 Å². The minimum Gasteiger partial charge on any atom is -0.461 e. The molecule has 0 unspecified atom stereocenters. The molecule has 1 fully saturated rings. The van der Waals surface area contributed by atoms with Gasteiger partial charge in [-0.3, -0.25) is 19.2 Å². The number of ketones is 4. The molecule has 0 aliphatic heterocycles. The van der Waals surface area contributed by atoms with Gasteiger partial charge in [0.15, 0.2) is 11.5 Å². The van der Waals surface area contributed by atoms with Crippen molar-refractivity contribution in [1.29, 1.82) is 0 Å². The topological polar surface area (TPSA) is 94.6 Å². The minimum absolute atomic E-state index is 0.0198. The van der Waals surface area contributed by atoms with Gasteiger partial charge in [-0.05, 0) is 37.1 Å². The van der Waals surface area contributed by atoms with Gasteiger partial charge in [-0.25, -0.2) is 0 Å². The van der Waals surface area contributed by atoms with Crippen molar-refractivity contribution in [3.05, 3.63) is 48.3 Å². The Balaban J connectivity index is 0.000000190. The second kappa shape index (κ2) is 7.23. The maximum Gasteiger partial charge on any atom is 0.271 e. The summed E-state index contributed by atoms with van der Waals surface area (Å²) in [7, 11) is 0. The molecule has 2 heterocycles. The van der Waals surface area contributed by atoms with Crippen molar-refractivity contribution in [1.82, 2.24) is 0 Å². The zero-order valence-corrected chi connectivity index (χ0v) is 15.3. The summed E-state index contributed by atoms with van der Waals surface area (Å²) < 4.78 is 9.60. The molecule has 1 aliphatic rings. The molecule has 0 bridgehead atoms. The fourth-order valence-electron chi connectivity index (χ4n) is 2.51. The van der Waals surface area contributed by atoms with Gasteiger partial charge in [0.05, 0.1) is 12.5 Å². The van der Waals surface area contributed by atoms with Gasteiger partial charge in [-0.15, -0.1) is 0 Å². The largest absolute Gasteiger partial charge is 0.461 e. The molecule has 0 spiro atoms. The smallest absolute Gasteiger partial charge is 0.271 e. The number of carbonyl (C=O) groups excluding carboxylic acids is 4. The van der Waals surface area contributed by atoms with Crippen LogP contribution in [0.5, 0.6) is 0 Å². The highest BCUT2D eigenvalue weighted by Crippen LogP contribution is 2.39. The van der Waals surface area contributed by atoms with E-state index in [-0.39, 0.29) is 23.1 Å². The maximum atomic E-state index is 11.5. The van der Waals surface area contributed by atoms with Gasteiger partial charge >= 0.3 is 0 Å². The number of carbonyl (C=O) groups is 4. The Morgan fingerprint density at radius 2 is 1.12 bits per heavy atom. The molecular weight excluding hydrogens is 336 g/mol. The Morgan fingerprint density at radius 3 is 1.38 bits per heavy atom. The summed E-state index contributed by atoms with van der Waals surface area (Å²) in [6.45, 7) is 7.40. The zero-order chi connectivity index (χ0) is 19.5. The van der Waals surface area contributed by atoms with E-state index in [1.54, 1.807) is 12.1 Å². The van der Waals surface area contributed by atoms with Crippen LogP contribution < -0.4 is 0 Å². The predicted octanol–water partition coefficient (Wildman–Crippen LogP) is 3.91. The molecule has 3 rings (SSSR count). The highest BCUT2D eigenvalue weighted by atomic mass is 16.3. The Hall–Kier alpha value is -2.76. The van der Waals surface area contributed by atoms with Crippen molar-refractivity contribution in [2.24, 2.45) is 10.8 Å². The molecule has 1 saturated carbocycles. The van der Waals surface area contributed by atoms with Gasteiger partial charge in [0.1, 0.15) is 0 Å². The molecule has 1 aliphatic carbocycles. The van der Waals surface area contributed by atoms with Crippen LogP contribution in [0.15, 0.2) is 45.6 Å². The van der Waals surface area contributed by atoms with Crippen LogP contribution in [-0.4, -0.2) is 23.1 Å². The maximum absolute atomic E-state index is 11.5. The van der Waals surface area contributed by atoms with Crippen LogP contribution in [0.3, 0.4) is 0 Å². The monoisotopic (exact) mass is 358 g/mol. The van der Waals surface area contributed by atoms with Crippen LogP contribution in [0.4, 0.5) is 0 Å². The van der Waals surface area contributed by atoms with E-state index in [0.717, 1.165) is 12.8 Å². The molecule has 26 heavy (non-hydrogen) atoms. The van der Waals surface area contributed by atoms with Crippen LogP contribution in [-0.2, 0) is 9.59 Å². The molecule has 0 aromatic carbocycles. The minimum atomic E-state index is -0.704. The first kappa shape index (κ1) is 19.6. The first-order chi connectivity index (χ1) is 12.1. The highest BCUT2D eigenvalue weighted by Gasteiger charge is 2.45. The number of rotatable bonds is 3. The summed E-state index contributed by atoms with van der Waals surface area (Å²) in [5.41, 5.74) is -0.848. The molecule has 0 amide bonds. The van der Waals surface area contributed by atoms with Crippen molar-refractivity contribution < 1.29 is 28.0 Å². The lowest BCUT2D eigenvalue weighted by atomic mass is 9.65. The lowest BCUT2D eigenvalue weighted by Crippen LogP contribution is -2.45. The number of hydrogen-bond acceptors (Lipinski definition) is 6. The molecule has 0 N–H and O–H groups in total. The third-order valence-electron chi connectivity index (χ3n) is 4.51. The van der Waals surface area contributed by atoms with Gasteiger partial charge in [0.25, 0.3) is 11.6 Å². The highest BCUT2D eigenvalue weighted by molar-refractivity contribution is 6.47. The third kappa shape index (κ3) is 4.07. The van der Waals surface area contributed by atoms with Crippen LogP contribution in [0.2, 0.25) is 0 Å². The molecule has 0 saturated heterocycles. The van der Waals surface area contributed by atoms with E-state index in [2.05, 4.69) is 0 Å². The van der Waals surface area contributed by atoms with Crippen LogP contribution in [0.1, 0.15) is 61.6 Å². The normalized spacial score (nSPS) is 18.0. The van der Waals surface area contributed by atoms with Crippen molar-refractivity contribution in [3.8, 4) is 0 Å². The second-order valence-electron chi connectivity index (χ2n) is 7.54. The average molecular weight is 358 g/mol. The third-order valence-corrected chi connectivity index (χ3v) is 4.51. The summed E-state index contributed by atoms with van der Waals surface area (Å²) in [5, 5.41) is 0. The molecular formula is C20H22O6. The summed E-state index contributed by atoms with van der Waals surface area (Å²) in [6, 6.07) is 5.96. The Labute approximate surface area is 151 Å². The summed E-state index contributed by atoms with van der Waals surface area (Å²) in [6.07, 6.45) is 4.32. The quantitative estimate of drug-likeness (QED) is 0.610. The molecule has 2 aromatic heterocycles. The van der Waals surface area contributed by atoms with Crippen LogP contribution >= 0.6 is 0 Å². The first-order valence-electron chi connectivity index (χ1n) is 8.31. The fourth-order valence-corrected chi connectivity index (χ4v) is 2.51. The van der Waals surface area contributed by atoms with Crippen molar-refractivity contribution in [2.75, 3.05) is 0 Å². The molecule has 6 heteroatoms. The van der Waals surface area contributed by atoms with Crippen LogP contribution in [0, 0.1) is 10.8 Å².